The van der Waals surface area contributed by atoms with E-state index in [1.807, 2.05) is 40.9 Å². The fourth-order valence-corrected chi connectivity index (χ4v) is 4.01. The molecule has 8 heteroatoms. The minimum absolute atomic E-state index is 0.0418. The fourth-order valence-electron chi connectivity index (χ4n) is 4.01. The Morgan fingerprint density at radius 3 is 2.53 bits per heavy atom. The number of hydrogen-bond donors (Lipinski definition) is 1. The fraction of sp³-hybridized carbons (Fsp3) is 0.455. The number of nitrogens with one attached hydrogen (secondary N) is 1. The zero-order valence-corrected chi connectivity index (χ0v) is 17.1. The second-order valence-corrected chi connectivity index (χ2v) is 8.12. The van der Waals surface area contributed by atoms with Crippen LogP contribution in [0.5, 0.6) is 5.75 Å². The molecule has 8 nitrogen and oxygen atoms in total. The number of ether oxygens (including phenoxy) is 1. The number of nitrogens with zero attached hydrogens (tertiary/aromatic N) is 5. The third kappa shape index (κ3) is 3.81. The number of methoxy groups -OCH3 is 1. The number of aromatic nitrogens is 4. The lowest BCUT2D eigenvalue weighted by Crippen LogP contribution is -2.40. The second-order valence-electron chi connectivity index (χ2n) is 8.12. The summed E-state index contributed by atoms with van der Waals surface area (Å²) in [7, 11) is 1.65. The van der Waals surface area contributed by atoms with Gasteiger partial charge in [0.25, 0.3) is 0 Å². The molecule has 156 valence electrons. The zero-order valence-electron chi connectivity index (χ0n) is 17.1. The van der Waals surface area contributed by atoms with Gasteiger partial charge in [-0.2, -0.15) is 4.52 Å². The number of amides is 1. The van der Waals surface area contributed by atoms with E-state index in [4.69, 9.17) is 9.84 Å². The largest absolute Gasteiger partial charge is 0.497 e. The molecule has 2 aromatic heterocycles. The van der Waals surface area contributed by atoms with Crippen molar-refractivity contribution in [3.8, 4) is 5.75 Å². The van der Waals surface area contributed by atoms with Crippen LogP contribution >= 0.6 is 0 Å². The molecule has 1 N–H and O–H groups in total. The Balaban J connectivity index is 1.17. The summed E-state index contributed by atoms with van der Waals surface area (Å²) in [5, 5.41) is 16.4. The number of anilines is 1. The monoisotopic (exact) mass is 406 g/mol. The number of carbonyl (C=O) groups excluding carboxylic acids is 1. The summed E-state index contributed by atoms with van der Waals surface area (Å²) >= 11 is 0. The Morgan fingerprint density at radius 1 is 1.07 bits per heavy atom. The topological polar surface area (TPSA) is 84.6 Å². The third-order valence-corrected chi connectivity index (χ3v) is 6.03. The number of rotatable bonds is 6. The molecule has 3 heterocycles. The van der Waals surface area contributed by atoms with Crippen molar-refractivity contribution in [3.63, 3.8) is 0 Å². The van der Waals surface area contributed by atoms with Gasteiger partial charge in [0.05, 0.1) is 7.11 Å². The number of piperidine rings is 1. The summed E-state index contributed by atoms with van der Waals surface area (Å²) in [5.41, 5.74) is 1.87. The Morgan fingerprint density at radius 2 is 1.83 bits per heavy atom. The smallest absolute Gasteiger partial charge is 0.223 e. The van der Waals surface area contributed by atoms with Gasteiger partial charge in [0.1, 0.15) is 11.6 Å². The highest BCUT2D eigenvalue weighted by Crippen LogP contribution is 2.38. The molecule has 1 saturated heterocycles. The van der Waals surface area contributed by atoms with Gasteiger partial charge in [-0.1, -0.05) is 12.1 Å². The van der Waals surface area contributed by atoms with Gasteiger partial charge in [-0.15, -0.1) is 15.3 Å². The molecule has 0 unspecified atom stereocenters. The average Bonchev–Trinajstić information content (AvgIpc) is 3.56. The zero-order chi connectivity index (χ0) is 20.5. The molecule has 0 atom stereocenters. The van der Waals surface area contributed by atoms with Crippen LogP contribution in [0.25, 0.3) is 5.65 Å². The molecule has 30 heavy (non-hydrogen) atoms. The first kappa shape index (κ1) is 18.8. The molecule has 2 aliphatic rings. The SMILES string of the molecule is COc1ccc(CNC(=O)C2CCN(c3ccc4nnc(C5CC5)n4n3)CC2)cc1. The molecule has 1 aliphatic carbocycles. The van der Waals surface area contributed by atoms with E-state index in [0.29, 0.717) is 12.5 Å². The van der Waals surface area contributed by atoms with Crippen LogP contribution in [0.15, 0.2) is 36.4 Å². The molecular formula is C22H26N6O2. The first-order valence-corrected chi connectivity index (χ1v) is 10.6. The maximum atomic E-state index is 12.6. The van der Waals surface area contributed by atoms with Gasteiger partial charge in [-0.25, -0.2) is 0 Å². The van der Waals surface area contributed by atoms with Gasteiger partial charge in [0.15, 0.2) is 11.5 Å². The molecule has 5 rings (SSSR count). The maximum absolute atomic E-state index is 12.6. The third-order valence-electron chi connectivity index (χ3n) is 6.03. The second kappa shape index (κ2) is 7.93. The van der Waals surface area contributed by atoms with Crippen molar-refractivity contribution in [2.45, 2.75) is 38.1 Å². The van der Waals surface area contributed by atoms with Crippen molar-refractivity contribution in [1.82, 2.24) is 25.1 Å². The van der Waals surface area contributed by atoms with Gasteiger partial charge < -0.3 is 15.0 Å². The van der Waals surface area contributed by atoms with Crippen LogP contribution in [-0.2, 0) is 11.3 Å². The molecule has 0 radical (unpaired) electrons. The van der Waals surface area contributed by atoms with E-state index in [1.54, 1.807) is 7.11 Å². The van der Waals surface area contributed by atoms with E-state index in [9.17, 15) is 4.79 Å². The first-order chi connectivity index (χ1) is 14.7. The minimum Gasteiger partial charge on any atom is -0.497 e. The Kier molecular flexibility index (Phi) is 4.98. The highest BCUT2D eigenvalue weighted by molar-refractivity contribution is 5.79. The van der Waals surface area contributed by atoms with Crippen LogP contribution < -0.4 is 15.0 Å². The lowest BCUT2D eigenvalue weighted by molar-refractivity contribution is -0.125. The minimum atomic E-state index is 0.0418. The van der Waals surface area contributed by atoms with Crippen LogP contribution in [0.4, 0.5) is 5.82 Å². The molecule has 3 aromatic rings. The molecule has 1 saturated carbocycles. The highest BCUT2D eigenvalue weighted by Gasteiger charge is 2.30. The molecule has 2 fully saturated rings. The summed E-state index contributed by atoms with van der Waals surface area (Å²) in [5.74, 6) is 3.40. The van der Waals surface area contributed by atoms with E-state index in [-0.39, 0.29) is 11.8 Å². The Bertz CT molecular complexity index is 1040. The van der Waals surface area contributed by atoms with Gasteiger partial charge in [0, 0.05) is 31.5 Å². The molecule has 1 aromatic carbocycles. The molecule has 0 spiro atoms. The van der Waals surface area contributed by atoms with Crippen molar-refractivity contribution in [1.29, 1.82) is 0 Å². The quantitative estimate of drug-likeness (QED) is 0.677. The van der Waals surface area contributed by atoms with E-state index in [2.05, 4.69) is 20.4 Å². The molecular weight excluding hydrogens is 380 g/mol. The predicted octanol–water partition coefficient (Wildman–Crippen LogP) is 2.54. The summed E-state index contributed by atoms with van der Waals surface area (Å²) in [4.78, 5) is 14.9. The van der Waals surface area contributed by atoms with Gasteiger partial charge in [-0.3, -0.25) is 4.79 Å². The lowest BCUT2D eigenvalue weighted by Gasteiger charge is -2.32. The number of benzene rings is 1. The number of fused-ring (bicyclic) bond motifs is 1. The van der Waals surface area contributed by atoms with Crippen molar-refractivity contribution in [2.24, 2.45) is 5.92 Å². The first-order valence-electron chi connectivity index (χ1n) is 10.6. The van der Waals surface area contributed by atoms with Crippen LogP contribution in [-0.4, -0.2) is 45.9 Å². The van der Waals surface area contributed by atoms with Crippen molar-refractivity contribution < 1.29 is 9.53 Å². The Labute approximate surface area is 175 Å². The van der Waals surface area contributed by atoms with Crippen LogP contribution in [0.1, 0.15) is 43.0 Å². The number of hydrogen-bond acceptors (Lipinski definition) is 6. The molecule has 1 amide bonds. The summed E-state index contributed by atoms with van der Waals surface area (Å²) in [6.07, 6.45) is 3.99. The molecule has 1 aliphatic heterocycles. The maximum Gasteiger partial charge on any atom is 0.223 e. The Hall–Kier alpha value is -3.16. The van der Waals surface area contributed by atoms with Gasteiger partial charge >= 0.3 is 0 Å². The standard InChI is InChI=1S/C22H26N6O2/c1-30-18-6-2-15(3-7-18)14-23-22(29)17-10-12-27(13-11-17)20-9-8-19-24-25-21(16-4-5-16)28(19)26-20/h2-3,6-9,16-17H,4-5,10-14H2,1H3,(H,23,29). The molecule has 0 bridgehead atoms. The normalized spacial score (nSPS) is 17.3. The van der Waals surface area contributed by atoms with Crippen molar-refractivity contribution >= 4 is 17.4 Å². The summed E-state index contributed by atoms with van der Waals surface area (Å²) in [6, 6.07) is 11.8. The van der Waals surface area contributed by atoms with Crippen LogP contribution in [0.3, 0.4) is 0 Å². The van der Waals surface area contributed by atoms with Crippen molar-refractivity contribution in [3.05, 3.63) is 47.8 Å². The van der Waals surface area contributed by atoms with Crippen LogP contribution in [0.2, 0.25) is 0 Å². The highest BCUT2D eigenvalue weighted by atomic mass is 16.5. The van der Waals surface area contributed by atoms with E-state index in [0.717, 1.165) is 54.5 Å². The van der Waals surface area contributed by atoms with Crippen LogP contribution in [0, 0.1) is 5.92 Å². The lowest BCUT2D eigenvalue weighted by atomic mass is 9.96. The van der Waals surface area contributed by atoms with Gasteiger partial charge in [-0.05, 0) is 55.5 Å². The van der Waals surface area contributed by atoms with Gasteiger partial charge in [0.2, 0.25) is 5.91 Å². The number of carbonyl (C=O) groups is 1. The van der Waals surface area contributed by atoms with E-state index < -0.39 is 0 Å². The van der Waals surface area contributed by atoms with E-state index >= 15 is 0 Å². The summed E-state index contributed by atoms with van der Waals surface area (Å²) < 4.78 is 7.06. The van der Waals surface area contributed by atoms with Crippen molar-refractivity contribution in [2.75, 3.05) is 25.1 Å². The summed E-state index contributed by atoms with van der Waals surface area (Å²) in [6.45, 7) is 2.18. The van der Waals surface area contributed by atoms with E-state index in [1.165, 1.54) is 12.8 Å². The average molecular weight is 406 g/mol. The predicted molar refractivity (Wildman–Crippen MR) is 113 cm³/mol.